The lowest BCUT2D eigenvalue weighted by molar-refractivity contribution is 0.0986. The summed E-state index contributed by atoms with van der Waals surface area (Å²) in [6.07, 6.45) is 0. The molecular weight excluding hydrogens is 210 g/mol. The lowest BCUT2D eigenvalue weighted by Crippen LogP contribution is -2.50. The van der Waals surface area contributed by atoms with Crippen molar-refractivity contribution in [3.63, 3.8) is 0 Å². The summed E-state index contributed by atoms with van der Waals surface area (Å²) in [5, 5.41) is 3.56. The van der Waals surface area contributed by atoms with E-state index in [1.807, 2.05) is 0 Å². The summed E-state index contributed by atoms with van der Waals surface area (Å²) in [5.41, 5.74) is 0.374. The molecule has 0 aromatic heterocycles. The number of piperazine rings is 1. The van der Waals surface area contributed by atoms with Crippen LogP contribution < -0.4 is 5.32 Å². The lowest BCUT2D eigenvalue weighted by atomic mass is 9.92. The summed E-state index contributed by atoms with van der Waals surface area (Å²) in [6.45, 7) is 19.9. The van der Waals surface area contributed by atoms with Gasteiger partial charge < -0.3 is 15.1 Å². The Balaban J connectivity index is 2.28. The maximum Gasteiger partial charge on any atom is 0.0110 e. The van der Waals surface area contributed by atoms with Crippen molar-refractivity contribution in [3.8, 4) is 0 Å². The van der Waals surface area contributed by atoms with E-state index in [1.165, 1.54) is 39.3 Å². The minimum Gasteiger partial charge on any atom is -0.314 e. The van der Waals surface area contributed by atoms with Crippen molar-refractivity contribution >= 4 is 0 Å². The molecule has 1 aliphatic rings. The molecule has 1 aliphatic heterocycles. The number of hydrogen-bond acceptors (Lipinski definition) is 3. The van der Waals surface area contributed by atoms with Gasteiger partial charge in [-0.25, -0.2) is 0 Å². The van der Waals surface area contributed by atoms with Crippen LogP contribution in [0.15, 0.2) is 0 Å². The molecular formula is C14H31N3. The Kier molecular flexibility index (Phi) is 5.90. The van der Waals surface area contributed by atoms with Crippen LogP contribution in [0.2, 0.25) is 0 Å². The number of nitrogens with one attached hydrogen (secondary N) is 1. The van der Waals surface area contributed by atoms with Gasteiger partial charge in [0, 0.05) is 45.3 Å². The van der Waals surface area contributed by atoms with E-state index in [4.69, 9.17) is 0 Å². The fraction of sp³-hybridized carbons (Fsp3) is 1.00. The maximum atomic E-state index is 3.56. The topological polar surface area (TPSA) is 18.5 Å². The van der Waals surface area contributed by atoms with Crippen LogP contribution in [-0.4, -0.2) is 61.7 Å². The predicted molar refractivity (Wildman–Crippen MR) is 75.5 cm³/mol. The van der Waals surface area contributed by atoms with E-state index in [9.17, 15) is 0 Å². The van der Waals surface area contributed by atoms with Crippen molar-refractivity contribution in [2.24, 2.45) is 5.41 Å². The normalized spacial score (nSPS) is 20.1. The molecule has 0 radical (unpaired) electrons. The molecule has 1 rings (SSSR count). The van der Waals surface area contributed by atoms with Gasteiger partial charge in [0.2, 0.25) is 0 Å². The lowest BCUT2D eigenvalue weighted by Gasteiger charge is -2.39. The highest BCUT2D eigenvalue weighted by atomic mass is 15.3. The van der Waals surface area contributed by atoms with Gasteiger partial charge in [-0.15, -0.1) is 0 Å². The largest absolute Gasteiger partial charge is 0.314 e. The Bertz CT molecular complexity index is 206. The third kappa shape index (κ3) is 5.84. The van der Waals surface area contributed by atoms with Crippen LogP contribution in [-0.2, 0) is 0 Å². The summed E-state index contributed by atoms with van der Waals surface area (Å²) in [7, 11) is 0. The van der Waals surface area contributed by atoms with Gasteiger partial charge in [0.05, 0.1) is 0 Å². The molecule has 1 heterocycles. The van der Waals surface area contributed by atoms with Crippen LogP contribution >= 0.6 is 0 Å². The summed E-state index contributed by atoms with van der Waals surface area (Å²) < 4.78 is 0. The first-order chi connectivity index (χ1) is 7.93. The van der Waals surface area contributed by atoms with Crippen LogP contribution in [0.25, 0.3) is 0 Å². The molecule has 102 valence electrons. The fourth-order valence-electron chi connectivity index (χ4n) is 2.41. The Morgan fingerprint density at radius 3 is 2.06 bits per heavy atom. The molecule has 0 aromatic carbocycles. The number of hydrogen-bond donors (Lipinski definition) is 1. The van der Waals surface area contributed by atoms with Crippen LogP contribution in [0.5, 0.6) is 0 Å². The third-order valence-electron chi connectivity index (χ3n) is 3.55. The molecule has 0 spiro atoms. The van der Waals surface area contributed by atoms with Crippen LogP contribution in [0.1, 0.15) is 34.6 Å². The van der Waals surface area contributed by atoms with E-state index in [2.05, 4.69) is 49.7 Å². The van der Waals surface area contributed by atoms with E-state index in [-0.39, 0.29) is 0 Å². The van der Waals surface area contributed by atoms with Gasteiger partial charge in [0.15, 0.2) is 0 Å². The third-order valence-corrected chi connectivity index (χ3v) is 3.55. The van der Waals surface area contributed by atoms with Gasteiger partial charge in [-0.1, -0.05) is 34.6 Å². The Morgan fingerprint density at radius 2 is 1.59 bits per heavy atom. The van der Waals surface area contributed by atoms with Crippen molar-refractivity contribution in [2.45, 2.75) is 40.7 Å². The second-order valence-corrected chi connectivity index (χ2v) is 6.41. The van der Waals surface area contributed by atoms with E-state index < -0.39 is 0 Å². The van der Waals surface area contributed by atoms with Gasteiger partial charge in [-0.05, 0) is 12.0 Å². The molecule has 3 nitrogen and oxygen atoms in total. The summed E-state index contributed by atoms with van der Waals surface area (Å²) in [5.74, 6) is 0. The maximum absolute atomic E-state index is 3.56. The number of likely N-dealkylation sites (N-methyl/N-ethyl adjacent to an activating group) is 1. The van der Waals surface area contributed by atoms with Crippen molar-refractivity contribution in [1.29, 1.82) is 0 Å². The molecule has 0 amide bonds. The van der Waals surface area contributed by atoms with E-state index in [0.717, 1.165) is 6.54 Å². The first-order valence-electron chi connectivity index (χ1n) is 7.11. The smallest absolute Gasteiger partial charge is 0.0110 e. The molecule has 0 saturated carbocycles. The Hall–Kier alpha value is -0.120. The quantitative estimate of drug-likeness (QED) is 0.763. The number of nitrogens with zero attached hydrogens (tertiary/aromatic N) is 2. The highest BCUT2D eigenvalue weighted by Crippen LogP contribution is 2.17. The Morgan fingerprint density at radius 1 is 1.06 bits per heavy atom. The molecule has 0 unspecified atom stereocenters. The molecule has 1 fully saturated rings. The van der Waals surface area contributed by atoms with Crippen molar-refractivity contribution in [1.82, 2.24) is 15.1 Å². The highest BCUT2D eigenvalue weighted by Gasteiger charge is 2.24. The minimum absolute atomic E-state index is 0.374. The summed E-state index contributed by atoms with van der Waals surface area (Å²) in [4.78, 5) is 5.16. The molecule has 0 aromatic rings. The average Bonchev–Trinajstić information content (AvgIpc) is 2.27. The van der Waals surface area contributed by atoms with Gasteiger partial charge in [0.1, 0.15) is 0 Å². The summed E-state index contributed by atoms with van der Waals surface area (Å²) >= 11 is 0. The monoisotopic (exact) mass is 241 g/mol. The molecule has 3 heteroatoms. The SMILES string of the molecule is CCN1CCN(CC(C)(C)CNC(C)C)CC1. The molecule has 17 heavy (non-hydrogen) atoms. The second-order valence-electron chi connectivity index (χ2n) is 6.41. The summed E-state index contributed by atoms with van der Waals surface area (Å²) in [6, 6.07) is 0.589. The fourth-order valence-corrected chi connectivity index (χ4v) is 2.41. The standard InChI is InChI=1S/C14H31N3/c1-6-16-7-9-17(10-8-16)12-14(4,5)11-15-13(2)3/h13,15H,6-12H2,1-5H3. The molecule has 0 atom stereocenters. The van der Waals surface area contributed by atoms with Crippen LogP contribution in [0.3, 0.4) is 0 Å². The average molecular weight is 241 g/mol. The minimum atomic E-state index is 0.374. The van der Waals surface area contributed by atoms with Gasteiger partial charge in [-0.3, -0.25) is 0 Å². The second kappa shape index (κ2) is 6.72. The molecule has 1 N–H and O–H groups in total. The molecule has 1 saturated heterocycles. The van der Waals surface area contributed by atoms with Crippen molar-refractivity contribution < 1.29 is 0 Å². The van der Waals surface area contributed by atoms with Crippen molar-refractivity contribution in [3.05, 3.63) is 0 Å². The zero-order valence-corrected chi connectivity index (χ0v) is 12.4. The van der Waals surface area contributed by atoms with E-state index in [0.29, 0.717) is 11.5 Å². The number of rotatable bonds is 6. The predicted octanol–water partition coefficient (Wildman–Crippen LogP) is 1.65. The molecule has 0 aliphatic carbocycles. The van der Waals surface area contributed by atoms with Crippen LogP contribution in [0, 0.1) is 5.41 Å². The van der Waals surface area contributed by atoms with Gasteiger partial charge in [0.25, 0.3) is 0 Å². The van der Waals surface area contributed by atoms with Gasteiger partial charge >= 0.3 is 0 Å². The first kappa shape index (κ1) is 14.9. The Labute approximate surface area is 108 Å². The van der Waals surface area contributed by atoms with Gasteiger partial charge in [-0.2, -0.15) is 0 Å². The first-order valence-corrected chi connectivity index (χ1v) is 7.11. The highest BCUT2D eigenvalue weighted by molar-refractivity contribution is 4.80. The zero-order chi connectivity index (χ0) is 12.9. The zero-order valence-electron chi connectivity index (χ0n) is 12.4. The van der Waals surface area contributed by atoms with Crippen molar-refractivity contribution in [2.75, 3.05) is 45.8 Å². The molecule has 0 bridgehead atoms. The van der Waals surface area contributed by atoms with E-state index >= 15 is 0 Å². The van der Waals surface area contributed by atoms with E-state index in [1.54, 1.807) is 0 Å². The van der Waals surface area contributed by atoms with Crippen LogP contribution in [0.4, 0.5) is 0 Å².